The zero-order valence-corrected chi connectivity index (χ0v) is 13.6. The van der Waals surface area contributed by atoms with Crippen LogP contribution < -0.4 is 0 Å². The molecular formula is C16H19BrN2O. The maximum atomic E-state index is 10.4. The minimum atomic E-state index is -0.379. The van der Waals surface area contributed by atoms with Gasteiger partial charge in [0.05, 0.1) is 10.6 Å². The SMILES string of the molecule is Cc1cc2c(n1-c1ncccc1Br)CC(C)(C)CC2O. The third-order valence-corrected chi connectivity index (χ3v) is 4.64. The van der Waals surface area contributed by atoms with Gasteiger partial charge in [-0.25, -0.2) is 4.98 Å². The Kier molecular flexibility index (Phi) is 3.26. The molecule has 3 rings (SSSR count). The molecular weight excluding hydrogens is 316 g/mol. The van der Waals surface area contributed by atoms with Gasteiger partial charge < -0.3 is 9.67 Å². The summed E-state index contributed by atoms with van der Waals surface area (Å²) in [5, 5.41) is 10.4. The van der Waals surface area contributed by atoms with Gasteiger partial charge in [0.1, 0.15) is 0 Å². The van der Waals surface area contributed by atoms with Gasteiger partial charge in [-0.05, 0) is 59.3 Å². The number of aliphatic hydroxyl groups is 1. The molecule has 1 aliphatic carbocycles. The number of pyridine rings is 1. The van der Waals surface area contributed by atoms with Gasteiger partial charge in [0, 0.05) is 23.1 Å². The number of aliphatic hydroxyl groups excluding tert-OH is 1. The van der Waals surface area contributed by atoms with Crippen LogP contribution >= 0.6 is 15.9 Å². The summed E-state index contributed by atoms with van der Waals surface area (Å²) in [5.41, 5.74) is 3.46. The Hall–Kier alpha value is -1.13. The minimum absolute atomic E-state index is 0.107. The van der Waals surface area contributed by atoms with E-state index in [4.69, 9.17) is 0 Å². The summed E-state index contributed by atoms with van der Waals surface area (Å²) in [4.78, 5) is 4.50. The first kappa shape index (κ1) is 13.8. The predicted octanol–water partition coefficient (Wildman–Crippen LogP) is 3.95. The summed E-state index contributed by atoms with van der Waals surface area (Å²) < 4.78 is 3.14. The lowest BCUT2D eigenvalue weighted by molar-refractivity contribution is 0.0986. The Balaban J connectivity index is 2.22. The van der Waals surface area contributed by atoms with Crippen LogP contribution in [0, 0.1) is 12.3 Å². The number of hydrogen-bond donors (Lipinski definition) is 1. The maximum absolute atomic E-state index is 10.4. The average molecular weight is 335 g/mol. The molecule has 4 heteroatoms. The van der Waals surface area contributed by atoms with Gasteiger partial charge in [0.15, 0.2) is 5.82 Å². The number of aryl methyl sites for hydroxylation is 1. The molecule has 3 nitrogen and oxygen atoms in total. The van der Waals surface area contributed by atoms with Crippen molar-refractivity contribution >= 4 is 15.9 Å². The van der Waals surface area contributed by atoms with Crippen LogP contribution in [0.15, 0.2) is 28.9 Å². The summed E-state index contributed by atoms with van der Waals surface area (Å²) in [7, 11) is 0. The van der Waals surface area contributed by atoms with E-state index in [1.807, 2.05) is 12.1 Å². The monoisotopic (exact) mass is 334 g/mol. The molecule has 1 aliphatic rings. The molecule has 0 radical (unpaired) electrons. The molecule has 0 spiro atoms. The van der Waals surface area contributed by atoms with E-state index >= 15 is 0 Å². The van der Waals surface area contributed by atoms with Crippen molar-refractivity contribution in [3.05, 3.63) is 45.8 Å². The molecule has 0 saturated heterocycles. The third kappa shape index (κ3) is 2.21. The van der Waals surface area contributed by atoms with Crippen molar-refractivity contribution in [1.29, 1.82) is 0 Å². The van der Waals surface area contributed by atoms with Crippen LogP contribution in [0.5, 0.6) is 0 Å². The highest BCUT2D eigenvalue weighted by molar-refractivity contribution is 9.10. The Morgan fingerprint density at radius 2 is 2.20 bits per heavy atom. The van der Waals surface area contributed by atoms with E-state index in [1.54, 1.807) is 6.20 Å². The highest BCUT2D eigenvalue weighted by Gasteiger charge is 2.34. The summed E-state index contributed by atoms with van der Waals surface area (Å²) in [6.07, 6.45) is 3.19. The third-order valence-electron chi connectivity index (χ3n) is 4.02. The van der Waals surface area contributed by atoms with Crippen LogP contribution in [0.25, 0.3) is 5.82 Å². The summed E-state index contributed by atoms with van der Waals surface area (Å²) in [6, 6.07) is 6.01. The average Bonchev–Trinajstić information content (AvgIpc) is 2.66. The predicted molar refractivity (Wildman–Crippen MR) is 83.1 cm³/mol. The Labute approximate surface area is 127 Å². The smallest absolute Gasteiger partial charge is 0.151 e. The molecule has 0 bridgehead atoms. The maximum Gasteiger partial charge on any atom is 0.151 e. The van der Waals surface area contributed by atoms with Gasteiger partial charge >= 0.3 is 0 Å². The fourth-order valence-corrected chi connectivity index (χ4v) is 3.61. The number of rotatable bonds is 1. The van der Waals surface area contributed by atoms with Crippen molar-refractivity contribution in [2.75, 3.05) is 0 Å². The number of hydrogen-bond acceptors (Lipinski definition) is 2. The standard InChI is InChI=1S/C16H19BrN2O/c1-10-7-11-13(8-16(2,3)9-14(11)20)19(10)15-12(17)5-4-6-18-15/h4-7,14,20H,8-9H2,1-3H3. The molecule has 2 aromatic rings. The zero-order chi connectivity index (χ0) is 14.5. The Morgan fingerprint density at radius 1 is 1.45 bits per heavy atom. The summed E-state index contributed by atoms with van der Waals surface area (Å²) in [6.45, 7) is 6.48. The molecule has 2 aromatic heterocycles. The molecule has 0 saturated carbocycles. The van der Waals surface area contributed by atoms with Gasteiger partial charge in [-0.2, -0.15) is 0 Å². The van der Waals surface area contributed by atoms with Crippen molar-refractivity contribution < 1.29 is 5.11 Å². The van der Waals surface area contributed by atoms with Gasteiger partial charge in [-0.1, -0.05) is 13.8 Å². The fourth-order valence-electron chi connectivity index (χ4n) is 3.18. The van der Waals surface area contributed by atoms with Gasteiger partial charge in [0.2, 0.25) is 0 Å². The molecule has 0 fully saturated rings. The van der Waals surface area contributed by atoms with E-state index in [2.05, 4.69) is 52.3 Å². The normalized spacial score (nSPS) is 20.8. The molecule has 0 aliphatic heterocycles. The Bertz CT molecular complexity index is 660. The van der Waals surface area contributed by atoms with E-state index in [0.29, 0.717) is 0 Å². The molecule has 2 heterocycles. The second-order valence-corrected chi connectivity index (χ2v) is 7.25. The molecule has 0 amide bonds. The topological polar surface area (TPSA) is 38.0 Å². The summed E-state index contributed by atoms with van der Waals surface area (Å²) in [5.74, 6) is 0.899. The number of halogens is 1. The van der Waals surface area contributed by atoms with Crippen LogP contribution in [-0.2, 0) is 6.42 Å². The van der Waals surface area contributed by atoms with Crippen LogP contribution in [0.4, 0.5) is 0 Å². The number of nitrogens with zero attached hydrogens (tertiary/aromatic N) is 2. The van der Waals surface area contributed by atoms with Crippen molar-refractivity contribution in [2.45, 2.75) is 39.7 Å². The lowest BCUT2D eigenvalue weighted by atomic mass is 9.75. The summed E-state index contributed by atoms with van der Waals surface area (Å²) >= 11 is 3.58. The van der Waals surface area contributed by atoms with E-state index in [0.717, 1.165) is 34.4 Å². The highest BCUT2D eigenvalue weighted by atomic mass is 79.9. The van der Waals surface area contributed by atoms with Gasteiger partial charge in [-0.15, -0.1) is 0 Å². The molecule has 0 aromatic carbocycles. The highest BCUT2D eigenvalue weighted by Crippen LogP contribution is 2.43. The first-order chi connectivity index (χ1) is 9.39. The second kappa shape index (κ2) is 4.71. The van der Waals surface area contributed by atoms with Crippen LogP contribution in [0.3, 0.4) is 0 Å². The second-order valence-electron chi connectivity index (χ2n) is 6.39. The van der Waals surface area contributed by atoms with E-state index in [-0.39, 0.29) is 11.5 Å². The van der Waals surface area contributed by atoms with Crippen LogP contribution in [-0.4, -0.2) is 14.7 Å². The zero-order valence-electron chi connectivity index (χ0n) is 12.0. The van der Waals surface area contributed by atoms with Crippen LogP contribution in [0.1, 0.15) is 43.3 Å². The molecule has 1 unspecified atom stereocenters. The van der Waals surface area contributed by atoms with Crippen LogP contribution in [0.2, 0.25) is 0 Å². The van der Waals surface area contributed by atoms with E-state index in [1.165, 1.54) is 5.69 Å². The van der Waals surface area contributed by atoms with E-state index in [9.17, 15) is 5.11 Å². The number of aromatic nitrogens is 2. The molecule has 20 heavy (non-hydrogen) atoms. The lowest BCUT2D eigenvalue weighted by Crippen LogP contribution is -2.26. The van der Waals surface area contributed by atoms with Crippen molar-refractivity contribution in [1.82, 2.24) is 9.55 Å². The molecule has 106 valence electrons. The molecule has 1 atom stereocenters. The number of fused-ring (bicyclic) bond motifs is 1. The molecule has 1 N–H and O–H groups in total. The quantitative estimate of drug-likeness (QED) is 0.857. The van der Waals surface area contributed by atoms with E-state index < -0.39 is 0 Å². The van der Waals surface area contributed by atoms with Gasteiger partial charge in [0.25, 0.3) is 0 Å². The minimum Gasteiger partial charge on any atom is -0.388 e. The largest absolute Gasteiger partial charge is 0.388 e. The lowest BCUT2D eigenvalue weighted by Gasteiger charge is -2.33. The van der Waals surface area contributed by atoms with Gasteiger partial charge in [-0.3, -0.25) is 0 Å². The Morgan fingerprint density at radius 3 is 2.90 bits per heavy atom. The first-order valence-electron chi connectivity index (χ1n) is 6.89. The van der Waals surface area contributed by atoms with Crippen molar-refractivity contribution in [2.24, 2.45) is 5.41 Å². The fraction of sp³-hybridized carbons (Fsp3) is 0.438. The van der Waals surface area contributed by atoms with Crippen molar-refractivity contribution in [3.8, 4) is 5.82 Å². The first-order valence-corrected chi connectivity index (χ1v) is 7.68. The van der Waals surface area contributed by atoms with Crippen molar-refractivity contribution in [3.63, 3.8) is 0 Å².